The normalized spacial score (nSPS) is 17.0. The van der Waals surface area contributed by atoms with Crippen LogP contribution in [0.3, 0.4) is 0 Å². The van der Waals surface area contributed by atoms with Gasteiger partial charge in [0.2, 0.25) is 0 Å². The number of nitrogens with zero attached hydrogens (tertiary/aromatic N) is 1. The first-order valence-corrected chi connectivity index (χ1v) is 7.88. The van der Waals surface area contributed by atoms with Crippen molar-refractivity contribution in [2.75, 3.05) is 13.1 Å². The summed E-state index contributed by atoms with van der Waals surface area (Å²) in [5.41, 5.74) is 1.97. The van der Waals surface area contributed by atoms with Gasteiger partial charge in [0.15, 0.2) is 0 Å². The van der Waals surface area contributed by atoms with E-state index >= 15 is 0 Å². The van der Waals surface area contributed by atoms with Crippen LogP contribution in [0.25, 0.3) is 10.2 Å². The molecule has 1 saturated heterocycles. The molecule has 2 heterocycles. The Labute approximate surface area is 133 Å². The minimum Gasteiger partial charge on any atom is -0.487 e. The van der Waals surface area contributed by atoms with E-state index in [1.54, 1.807) is 6.20 Å². The summed E-state index contributed by atoms with van der Waals surface area (Å²) in [7, 11) is 0. The zero-order valence-electron chi connectivity index (χ0n) is 11.6. The quantitative estimate of drug-likeness (QED) is 0.632. The first kappa shape index (κ1) is 15.5. The van der Waals surface area contributed by atoms with Crippen LogP contribution in [0.5, 0.6) is 0 Å². The zero-order chi connectivity index (χ0) is 14.5. The summed E-state index contributed by atoms with van der Waals surface area (Å²) in [5, 5.41) is 3.68. The Bertz CT molecular complexity index is 539. The summed E-state index contributed by atoms with van der Waals surface area (Å²) in [5.74, 6) is 0.872. The minimum absolute atomic E-state index is 0.237. The van der Waals surface area contributed by atoms with Gasteiger partial charge >= 0.3 is 0 Å². The van der Waals surface area contributed by atoms with Crippen molar-refractivity contribution in [1.29, 1.82) is 0 Å². The molecule has 108 valence electrons. The molecule has 5 heteroatoms. The SMILES string of the molecule is C/C=C(/Br)c1cc(Cl)ncc1/C(=C/CC)OC1CNC1. The lowest BCUT2D eigenvalue weighted by Crippen LogP contribution is -2.48. The van der Waals surface area contributed by atoms with Crippen LogP contribution in [-0.4, -0.2) is 24.2 Å². The third-order valence-corrected chi connectivity index (χ3v) is 4.17. The van der Waals surface area contributed by atoms with Crippen molar-refractivity contribution in [2.24, 2.45) is 0 Å². The maximum Gasteiger partial charge on any atom is 0.129 e. The Balaban J connectivity index is 2.38. The highest BCUT2D eigenvalue weighted by molar-refractivity contribution is 9.15. The van der Waals surface area contributed by atoms with Gasteiger partial charge in [0.25, 0.3) is 0 Å². The van der Waals surface area contributed by atoms with Crippen LogP contribution in [0.1, 0.15) is 31.4 Å². The highest BCUT2D eigenvalue weighted by Crippen LogP contribution is 2.32. The second-order valence-electron chi connectivity index (χ2n) is 4.56. The maximum atomic E-state index is 6.06. The van der Waals surface area contributed by atoms with Crippen molar-refractivity contribution < 1.29 is 4.74 Å². The Morgan fingerprint density at radius 1 is 1.55 bits per heavy atom. The number of nitrogens with one attached hydrogen (secondary N) is 1. The van der Waals surface area contributed by atoms with Crippen LogP contribution in [0, 0.1) is 0 Å². The smallest absolute Gasteiger partial charge is 0.129 e. The molecule has 0 unspecified atom stereocenters. The van der Waals surface area contributed by atoms with Crippen LogP contribution in [-0.2, 0) is 4.74 Å². The van der Waals surface area contributed by atoms with E-state index < -0.39 is 0 Å². The summed E-state index contributed by atoms with van der Waals surface area (Å²) in [6.07, 6.45) is 6.99. The van der Waals surface area contributed by atoms with Gasteiger partial charge in [-0.25, -0.2) is 4.98 Å². The van der Waals surface area contributed by atoms with Crippen molar-refractivity contribution in [3.63, 3.8) is 0 Å². The summed E-state index contributed by atoms with van der Waals surface area (Å²) in [6.45, 7) is 5.85. The fraction of sp³-hybridized carbons (Fsp3) is 0.400. The van der Waals surface area contributed by atoms with Crippen LogP contribution in [0.15, 0.2) is 24.4 Å². The number of rotatable bonds is 5. The van der Waals surface area contributed by atoms with E-state index in [4.69, 9.17) is 16.3 Å². The van der Waals surface area contributed by atoms with Crippen LogP contribution >= 0.6 is 27.5 Å². The number of halogens is 2. The van der Waals surface area contributed by atoms with Gasteiger partial charge in [0.1, 0.15) is 17.0 Å². The maximum absolute atomic E-state index is 6.06. The molecule has 0 radical (unpaired) electrons. The molecule has 1 aromatic rings. The second kappa shape index (κ2) is 7.25. The Hall–Kier alpha value is -0.840. The van der Waals surface area contributed by atoms with E-state index in [0.29, 0.717) is 5.15 Å². The van der Waals surface area contributed by atoms with Crippen molar-refractivity contribution in [3.8, 4) is 0 Å². The number of pyridine rings is 1. The number of ether oxygens (including phenoxy) is 1. The molecule has 0 atom stereocenters. The number of hydrogen-bond acceptors (Lipinski definition) is 3. The van der Waals surface area contributed by atoms with Gasteiger partial charge in [-0.2, -0.15) is 0 Å². The average Bonchev–Trinajstić information content (AvgIpc) is 2.40. The molecule has 0 aliphatic carbocycles. The molecule has 0 amide bonds. The lowest BCUT2D eigenvalue weighted by Gasteiger charge is -2.29. The summed E-state index contributed by atoms with van der Waals surface area (Å²) >= 11 is 9.58. The monoisotopic (exact) mass is 356 g/mol. The molecule has 1 fully saturated rings. The molecule has 1 aliphatic heterocycles. The minimum atomic E-state index is 0.237. The van der Waals surface area contributed by atoms with Gasteiger partial charge in [0, 0.05) is 34.9 Å². The number of allylic oxidation sites excluding steroid dienone is 2. The summed E-state index contributed by atoms with van der Waals surface area (Å²) < 4.78 is 7.04. The topological polar surface area (TPSA) is 34.1 Å². The van der Waals surface area contributed by atoms with Gasteiger partial charge in [-0.15, -0.1) is 0 Å². The third-order valence-electron chi connectivity index (χ3n) is 3.07. The van der Waals surface area contributed by atoms with E-state index in [-0.39, 0.29) is 6.10 Å². The first-order chi connectivity index (χ1) is 9.65. The molecule has 1 aromatic heterocycles. The fourth-order valence-electron chi connectivity index (χ4n) is 1.91. The molecule has 1 aliphatic rings. The van der Waals surface area contributed by atoms with Crippen molar-refractivity contribution in [2.45, 2.75) is 26.4 Å². The van der Waals surface area contributed by atoms with Crippen LogP contribution in [0.2, 0.25) is 5.15 Å². The highest BCUT2D eigenvalue weighted by atomic mass is 79.9. The molecule has 2 rings (SSSR count). The standard InChI is InChI=1S/C15H18BrClN2O/c1-3-5-14(20-10-7-18-8-10)12-9-19-15(17)6-11(12)13(16)4-2/h4-6,9-10,18H,3,7-8H2,1-2H3/b13-4+,14-5-. The van der Waals surface area contributed by atoms with E-state index in [1.807, 2.05) is 19.1 Å². The largest absolute Gasteiger partial charge is 0.487 e. The lowest BCUT2D eigenvalue weighted by atomic mass is 10.1. The molecule has 0 bridgehead atoms. The molecule has 0 spiro atoms. The molecule has 0 saturated carbocycles. The van der Waals surface area contributed by atoms with Crippen molar-refractivity contribution in [3.05, 3.63) is 40.7 Å². The Morgan fingerprint density at radius 3 is 2.85 bits per heavy atom. The van der Waals surface area contributed by atoms with E-state index in [9.17, 15) is 0 Å². The average molecular weight is 358 g/mol. The van der Waals surface area contributed by atoms with Crippen LogP contribution in [0.4, 0.5) is 0 Å². The van der Waals surface area contributed by atoms with Gasteiger partial charge in [-0.3, -0.25) is 0 Å². The summed E-state index contributed by atoms with van der Waals surface area (Å²) in [6, 6.07) is 1.85. The summed E-state index contributed by atoms with van der Waals surface area (Å²) in [4.78, 5) is 4.19. The Kier molecular flexibility index (Phi) is 5.64. The van der Waals surface area contributed by atoms with Crippen molar-refractivity contribution >= 4 is 37.8 Å². The highest BCUT2D eigenvalue weighted by Gasteiger charge is 2.21. The number of aromatic nitrogens is 1. The van der Waals surface area contributed by atoms with Crippen molar-refractivity contribution in [1.82, 2.24) is 10.3 Å². The van der Waals surface area contributed by atoms with Gasteiger partial charge in [-0.05, 0) is 25.5 Å². The molecular formula is C15H18BrClN2O. The fourth-order valence-corrected chi connectivity index (χ4v) is 2.40. The van der Waals surface area contributed by atoms with E-state index in [2.05, 4.69) is 39.2 Å². The Morgan fingerprint density at radius 2 is 2.30 bits per heavy atom. The lowest BCUT2D eigenvalue weighted by molar-refractivity contribution is 0.112. The molecule has 3 nitrogen and oxygen atoms in total. The van der Waals surface area contributed by atoms with Crippen LogP contribution < -0.4 is 5.32 Å². The number of hydrogen-bond donors (Lipinski definition) is 1. The first-order valence-electron chi connectivity index (χ1n) is 6.71. The predicted molar refractivity (Wildman–Crippen MR) is 87.8 cm³/mol. The van der Waals surface area contributed by atoms with Gasteiger partial charge in [0.05, 0.1) is 0 Å². The molecular weight excluding hydrogens is 340 g/mol. The third kappa shape index (κ3) is 3.62. The van der Waals surface area contributed by atoms with E-state index in [0.717, 1.165) is 40.9 Å². The van der Waals surface area contributed by atoms with E-state index in [1.165, 1.54) is 0 Å². The zero-order valence-corrected chi connectivity index (χ0v) is 14.0. The molecule has 20 heavy (non-hydrogen) atoms. The van der Waals surface area contributed by atoms with Gasteiger partial charge in [-0.1, -0.05) is 40.5 Å². The molecule has 0 aromatic carbocycles. The van der Waals surface area contributed by atoms with Gasteiger partial charge < -0.3 is 10.1 Å². The predicted octanol–water partition coefficient (Wildman–Crippen LogP) is 4.23. The second-order valence-corrected chi connectivity index (χ2v) is 5.81. The molecule has 1 N–H and O–H groups in total.